The Hall–Kier alpha value is -2.62. The monoisotopic (exact) mass is 382 g/mol. The minimum Gasteiger partial charge on any atom is -0.478 e. The lowest BCUT2D eigenvalue weighted by molar-refractivity contribution is 0.0685. The summed E-state index contributed by atoms with van der Waals surface area (Å²) < 4.78 is 0. The molecule has 0 amide bonds. The van der Waals surface area contributed by atoms with E-state index in [0.29, 0.717) is 0 Å². The molecular weight excluding hydrogens is 352 g/mol. The molecular formula is C24H30O4. The van der Waals surface area contributed by atoms with Crippen molar-refractivity contribution in [2.75, 3.05) is 0 Å². The van der Waals surface area contributed by atoms with Crippen LogP contribution in [0.5, 0.6) is 0 Å². The molecule has 0 unspecified atom stereocenters. The number of rotatable bonds is 9. The SMILES string of the molecule is CCC(CC)(c1ccc(C(=O)O)cc1)C(CC)(CC)c1ccc(C(=O)O)cc1. The van der Waals surface area contributed by atoms with Crippen molar-refractivity contribution in [3.05, 3.63) is 70.8 Å². The summed E-state index contributed by atoms with van der Waals surface area (Å²) in [5.41, 5.74) is 2.47. The number of carboxylic acids is 2. The fourth-order valence-electron chi connectivity index (χ4n) is 5.09. The van der Waals surface area contributed by atoms with Gasteiger partial charge in [0.25, 0.3) is 0 Å². The Morgan fingerprint density at radius 1 is 0.607 bits per heavy atom. The quantitative estimate of drug-likeness (QED) is 0.566. The van der Waals surface area contributed by atoms with E-state index in [0.717, 1.165) is 36.8 Å². The zero-order chi connectivity index (χ0) is 20.9. The number of hydrogen-bond acceptors (Lipinski definition) is 2. The van der Waals surface area contributed by atoms with E-state index in [4.69, 9.17) is 0 Å². The van der Waals surface area contributed by atoms with Gasteiger partial charge < -0.3 is 10.2 Å². The summed E-state index contributed by atoms with van der Waals surface area (Å²) in [6.07, 6.45) is 3.60. The van der Waals surface area contributed by atoms with Gasteiger partial charge in [-0.2, -0.15) is 0 Å². The van der Waals surface area contributed by atoms with Gasteiger partial charge in [-0.25, -0.2) is 9.59 Å². The molecule has 0 aliphatic heterocycles. The van der Waals surface area contributed by atoms with Gasteiger partial charge in [-0.05, 0) is 61.1 Å². The zero-order valence-corrected chi connectivity index (χ0v) is 17.2. The highest BCUT2D eigenvalue weighted by Crippen LogP contribution is 2.53. The van der Waals surface area contributed by atoms with Crippen LogP contribution in [0.2, 0.25) is 0 Å². The number of hydrogen-bond donors (Lipinski definition) is 2. The Morgan fingerprint density at radius 2 is 0.857 bits per heavy atom. The van der Waals surface area contributed by atoms with E-state index in [-0.39, 0.29) is 22.0 Å². The van der Waals surface area contributed by atoms with E-state index in [1.807, 2.05) is 24.3 Å². The molecule has 2 aromatic rings. The van der Waals surface area contributed by atoms with Crippen LogP contribution in [0.3, 0.4) is 0 Å². The predicted octanol–water partition coefficient (Wildman–Crippen LogP) is 5.90. The van der Waals surface area contributed by atoms with Crippen LogP contribution in [0.4, 0.5) is 0 Å². The maximum Gasteiger partial charge on any atom is 0.335 e. The van der Waals surface area contributed by atoms with Crippen LogP contribution >= 0.6 is 0 Å². The lowest BCUT2D eigenvalue weighted by atomic mass is 9.52. The van der Waals surface area contributed by atoms with Crippen molar-refractivity contribution in [2.24, 2.45) is 0 Å². The second-order valence-corrected chi connectivity index (χ2v) is 7.34. The molecule has 0 heterocycles. The molecule has 0 aromatic heterocycles. The second-order valence-electron chi connectivity index (χ2n) is 7.34. The van der Waals surface area contributed by atoms with E-state index in [1.165, 1.54) is 0 Å². The maximum absolute atomic E-state index is 11.3. The highest BCUT2D eigenvalue weighted by atomic mass is 16.4. The van der Waals surface area contributed by atoms with Crippen molar-refractivity contribution >= 4 is 11.9 Å². The van der Waals surface area contributed by atoms with E-state index >= 15 is 0 Å². The van der Waals surface area contributed by atoms with Gasteiger partial charge in [0.1, 0.15) is 0 Å². The first kappa shape index (κ1) is 21.7. The summed E-state index contributed by atoms with van der Waals surface area (Å²) in [5.74, 6) is -1.85. The van der Waals surface area contributed by atoms with Gasteiger partial charge in [-0.3, -0.25) is 0 Å². The van der Waals surface area contributed by atoms with Crippen molar-refractivity contribution in [2.45, 2.75) is 64.2 Å². The molecule has 0 spiro atoms. The normalized spacial score (nSPS) is 12.0. The first-order chi connectivity index (χ1) is 13.3. The molecule has 0 fully saturated rings. The second kappa shape index (κ2) is 8.59. The van der Waals surface area contributed by atoms with Crippen molar-refractivity contribution in [3.8, 4) is 0 Å². The molecule has 4 heteroatoms. The van der Waals surface area contributed by atoms with Crippen molar-refractivity contribution < 1.29 is 19.8 Å². The van der Waals surface area contributed by atoms with Crippen LogP contribution in [0, 0.1) is 0 Å². The van der Waals surface area contributed by atoms with E-state index in [2.05, 4.69) is 27.7 Å². The number of aromatic carboxylic acids is 2. The van der Waals surface area contributed by atoms with Crippen LogP contribution in [-0.2, 0) is 10.8 Å². The van der Waals surface area contributed by atoms with E-state index in [1.54, 1.807) is 24.3 Å². The molecule has 0 radical (unpaired) electrons. The van der Waals surface area contributed by atoms with Crippen LogP contribution in [0.1, 0.15) is 85.2 Å². The molecule has 0 saturated carbocycles. The first-order valence-electron chi connectivity index (χ1n) is 9.99. The van der Waals surface area contributed by atoms with Gasteiger partial charge in [0.05, 0.1) is 11.1 Å². The van der Waals surface area contributed by atoms with E-state index in [9.17, 15) is 19.8 Å². The smallest absolute Gasteiger partial charge is 0.335 e. The third-order valence-electron chi connectivity index (χ3n) is 6.70. The minimum absolute atomic E-state index is 0.182. The Morgan fingerprint density at radius 3 is 1.04 bits per heavy atom. The molecule has 0 aliphatic rings. The summed E-state index contributed by atoms with van der Waals surface area (Å²) in [7, 11) is 0. The number of carboxylic acid groups (broad SMARTS) is 2. The first-order valence-corrected chi connectivity index (χ1v) is 9.99. The van der Waals surface area contributed by atoms with Gasteiger partial charge >= 0.3 is 11.9 Å². The van der Waals surface area contributed by atoms with Gasteiger partial charge in [0, 0.05) is 10.8 Å². The molecule has 0 saturated heterocycles. The fraction of sp³-hybridized carbons (Fsp3) is 0.417. The Bertz CT molecular complexity index is 739. The number of carbonyl (C=O) groups is 2. The maximum atomic E-state index is 11.3. The van der Waals surface area contributed by atoms with Crippen LogP contribution in [0.25, 0.3) is 0 Å². The van der Waals surface area contributed by atoms with Crippen LogP contribution in [0.15, 0.2) is 48.5 Å². The predicted molar refractivity (Wildman–Crippen MR) is 111 cm³/mol. The molecule has 4 nitrogen and oxygen atoms in total. The zero-order valence-electron chi connectivity index (χ0n) is 17.2. The molecule has 0 bridgehead atoms. The van der Waals surface area contributed by atoms with Crippen molar-refractivity contribution in [1.29, 1.82) is 0 Å². The Labute approximate surface area is 167 Å². The topological polar surface area (TPSA) is 74.6 Å². The van der Waals surface area contributed by atoms with Crippen molar-refractivity contribution in [1.82, 2.24) is 0 Å². The highest BCUT2D eigenvalue weighted by molar-refractivity contribution is 5.88. The van der Waals surface area contributed by atoms with Gasteiger partial charge in [0.15, 0.2) is 0 Å². The molecule has 2 aromatic carbocycles. The average molecular weight is 383 g/mol. The number of benzene rings is 2. The molecule has 0 aliphatic carbocycles. The minimum atomic E-state index is -0.924. The molecule has 0 atom stereocenters. The molecule has 2 rings (SSSR count). The summed E-state index contributed by atoms with van der Waals surface area (Å²) in [5, 5.41) is 18.5. The summed E-state index contributed by atoms with van der Waals surface area (Å²) in [4.78, 5) is 22.5. The third-order valence-corrected chi connectivity index (χ3v) is 6.70. The highest BCUT2D eigenvalue weighted by Gasteiger charge is 2.48. The summed E-state index contributed by atoms with van der Waals surface area (Å²) in [6, 6.07) is 14.5. The lowest BCUT2D eigenvalue weighted by Crippen LogP contribution is -2.48. The fourth-order valence-corrected chi connectivity index (χ4v) is 5.09. The summed E-state index contributed by atoms with van der Waals surface area (Å²) >= 11 is 0. The Balaban J connectivity index is 2.68. The van der Waals surface area contributed by atoms with E-state index < -0.39 is 11.9 Å². The van der Waals surface area contributed by atoms with Crippen molar-refractivity contribution in [3.63, 3.8) is 0 Å². The summed E-state index contributed by atoms with van der Waals surface area (Å²) in [6.45, 7) is 8.72. The van der Waals surface area contributed by atoms with Gasteiger partial charge in [0.2, 0.25) is 0 Å². The van der Waals surface area contributed by atoms with Gasteiger partial charge in [-0.15, -0.1) is 0 Å². The molecule has 28 heavy (non-hydrogen) atoms. The Kier molecular flexibility index (Phi) is 6.65. The van der Waals surface area contributed by atoms with Crippen LogP contribution < -0.4 is 0 Å². The third kappa shape index (κ3) is 3.44. The average Bonchev–Trinajstić information content (AvgIpc) is 2.72. The molecule has 2 N–H and O–H groups in total. The largest absolute Gasteiger partial charge is 0.478 e. The molecule has 150 valence electrons. The van der Waals surface area contributed by atoms with Gasteiger partial charge in [-0.1, -0.05) is 52.0 Å². The standard InChI is InChI=1S/C24H30O4/c1-5-23(6-2,19-13-9-17(10-14-19)21(25)26)24(7-3,8-4)20-15-11-18(12-16-20)22(27)28/h9-16H,5-8H2,1-4H3,(H,25,26)(H,27,28). The lowest BCUT2D eigenvalue weighted by Gasteiger charge is -2.51. The van der Waals surface area contributed by atoms with Crippen LogP contribution in [-0.4, -0.2) is 22.2 Å².